The fourth-order valence-electron chi connectivity index (χ4n) is 2.11. The normalized spacial score (nSPS) is 10.3. The van der Waals surface area contributed by atoms with Gasteiger partial charge in [0.2, 0.25) is 0 Å². The number of carbonyl (C=O) groups excluding carboxylic acids is 1. The van der Waals surface area contributed by atoms with Crippen molar-refractivity contribution < 1.29 is 4.79 Å². The van der Waals surface area contributed by atoms with E-state index in [2.05, 4.69) is 20.7 Å². The summed E-state index contributed by atoms with van der Waals surface area (Å²) in [5.41, 5.74) is 2.83. The molecule has 0 spiro atoms. The Morgan fingerprint density at radius 3 is 2.48 bits per heavy atom. The molecule has 3 aromatic rings. The van der Waals surface area contributed by atoms with Crippen LogP contribution in [0.1, 0.15) is 11.3 Å². The average Bonchev–Trinajstić information content (AvgIpc) is 3.14. The molecule has 116 valence electrons. The predicted octanol–water partition coefficient (Wildman–Crippen LogP) is 2.27. The number of urea groups is 1. The number of nitrogens with zero attached hydrogens (tertiary/aromatic N) is 3. The molecule has 0 aliphatic carbocycles. The van der Waals surface area contributed by atoms with E-state index < -0.39 is 0 Å². The molecule has 0 saturated carbocycles. The molecule has 3 rings (SSSR count). The zero-order valence-electron chi connectivity index (χ0n) is 12.5. The second-order valence-corrected chi connectivity index (χ2v) is 4.97. The fraction of sp³-hybridized carbons (Fsp3) is 0.118. The SMILES string of the molecule is O=C(NCc1ccc(-n2cccn2)cc1)NCc1ccccn1. The Morgan fingerprint density at radius 1 is 0.957 bits per heavy atom. The Morgan fingerprint density at radius 2 is 1.78 bits per heavy atom. The van der Waals surface area contributed by atoms with Crippen LogP contribution in [0.15, 0.2) is 67.1 Å². The van der Waals surface area contributed by atoms with E-state index in [0.29, 0.717) is 13.1 Å². The number of pyridine rings is 1. The molecule has 0 aliphatic rings. The molecule has 2 N–H and O–H groups in total. The van der Waals surface area contributed by atoms with Crippen LogP contribution >= 0.6 is 0 Å². The molecule has 0 atom stereocenters. The van der Waals surface area contributed by atoms with Gasteiger partial charge < -0.3 is 10.6 Å². The standard InChI is InChI=1S/C17H17N5O/c23-17(20-13-15-4-1-2-9-18-15)19-12-14-5-7-16(8-6-14)22-11-3-10-21-22/h1-11H,12-13H2,(H2,19,20,23). The van der Waals surface area contributed by atoms with Crippen molar-refractivity contribution in [3.05, 3.63) is 78.4 Å². The molecule has 2 heterocycles. The van der Waals surface area contributed by atoms with Gasteiger partial charge in [-0.3, -0.25) is 4.98 Å². The van der Waals surface area contributed by atoms with Crippen molar-refractivity contribution in [3.8, 4) is 5.69 Å². The molecule has 2 aromatic heterocycles. The van der Waals surface area contributed by atoms with Crippen LogP contribution in [0.2, 0.25) is 0 Å². The summed E-state index contributed by atoms with van der Waals surface area (Å²) in [6, 6.07) is 15.1. The molecule has 0 saturated heterocycles. The third-order valence-corrected chi connectivity index (χ3v) is 3.31. The van der Waals surface area contributed by atoms with Gasteiger partial charge in [-0.05, 0) is 35.9 Å². The quantitative estimate of drug-likeness (QED) is 0.759. The van der Waals surface area contributed by atoms with Crippen molar-refractivity contribution in [2.24, 2.45) is 0 Å². The van der Waals surface area contributed by atoms with E-state index in [-0.39, 0.29) is 6.03 Å². The van der Waals surface area contributed by atoms with Gasteiger partial charge in [0.1, 0.15) is 0 Å². The molecule has 0 bridgehead atoms. The van der Waals surface area contributed by atoms with Gasteiger partial charge in [-0.2, -0.15) is 5.10 Å². The van der Waals surface area contributed by atoms with Gasteiger partial charge in [-0.1, -0.05) is 18.2 Å². The predicted molar refractivity (Wildman–Crippen MR) is 86.9 cm³/mol. The average molecular weight is 307 g/mol. The topological polar surface area (TPSA) is 71.8 Å². The largest absolute Gasteiger partial charge is 0.334 e. The third-order valence-electron chi connectivity index (χ3n) is 3.31. The van der Waals surface area contributed by atoms with Crippen molar-refractivity contribution in [1.82, 2.24) is 25.4 Å². The highest BCUT2D eigenvalue weighted by Gasteiger charge is 2.02. The third kappa shape index (κ3) is 4.16. The van der Waals surface area contributed by atoms with Gasteiger partial charge >= 0.3 is 6.03 Å². The van der Waals surface area contributed by atoms with Crippen LogP contribution in [0.25, 0.3) is 5.69 Å². The van der Waals surface area contributed by atoms with Gasteiger partial charge in [0.15, 0.2) is 0 Å². The van der Waals surface area contributed by atoms with Crippen LogP contribution in [0.3, 0.4) is 0 Å². The molecule has 23 heavy (non-hydrogen) atoms. The summed E-state index contributed by atoms with van der Waals surface area (Å²) >= 11 is 0. The lowest BCUT2D eigenvalue weighted by molar-refractivity contribution is 0.240. The summed E-state index contributed by atoms with van der Waals surface area (Å²) in [6.07, 6.45) is 5.33. The Labute approximate surface area is 134 Å². The summed E-state index contributed by atoms with van der Waals surface area (Å²) < 4.78 is 1.79. The molecule has 6 nitrogen and oxygen atoms in total. The Balaban J connectivity index is 1.47. The molecule has 2 amide bonds. The van der Waals surface area contributed by atoms with Gasteiger partial charge in [-0.25, -0.2) is 9.48 Å². The molecular formula is C17H17N5O. The Bertz CT molecular complexity index is 738. The molecule has 0 fully saturated rings. The van der Waals surface area contributed by atoms with Crippen molar-refractivity contribution in [2.45, 2.75) is 13.1 Å². The minimum Gasteiger partial charge on any atom is -0.334 e. The fourth-order valence-corrected chi connectivity index (χ4v) is 2.11. The zero-order valence-corrected chi connectivity index (χ0v) is 12.5. The number of hydrogen-bond acceptors (Lipinski definition) is 3. The van der Waals surface area contributed by atoms with Crippen molar-refractivity contribution in [1.29, 1.82) is 0 Å². The number of nitrogens with one attached hydrogen (secondary N) is 2. The van der Waals surface area contributed by atoms with Crippen LogP contribution in [-0.2, 0) is 13.1 Å². The van der Waals surface area contributed by atoms with Gasteiger partial charge in [0.25, 0.3) is 0 Å². The highest BCUT2D eigenvalue weighted by Crippen LogP contribution is 2.08. The summed E-state index contributed by atoms with van der Waals surface area (Å²) in [7, 11) is 0. The second-order valence-electron chi connectivity index (χ2n) is 4.97. The molecule has 0 unspecified atom stereocenters. The number of aromatic nitrogens is 3. The van der Waals surface area contributed by atoms with Crippen LogP contribution in [-0.4, -0.2) is 20.8 Å². The monoisotopic (exact) mass is 307 g/mol. The van der Waals surface area contributed by atoms with Crippen LogP contribution < -0.4 is 10.6 Å². The molecule has 1 aromatic carbocycles. The Hall–Kier alpha value is -3.15. The maximum atomic E-state index is 11.8. The molecule has 0 radical (unpaired) electrons. The van der Waals surface area contributed by atoms with E-state index in [1.165, 1.54) is 0 Å². The first kappa shape index (κ1) is 14.8. The van der Waals surface area contributed by atoms with Crippen LogP contribution in [0.5, 0.6) is 0 Å². The maximum absolute atomic E-state index is 11.8. The lowest BCUT2D eigenvalue weighted by Gasteiger charge is -2.08. The first-order valence-electron chi connectivity index (χ1n) is 7.32. The summed E-state index contributed by atoms with van der Waals surface area (Å²) in [4.78, 5) is 15.9. The van der Waals surface area contributed by atoms with Crippen LogP contribution in [0, 0.1) is 0 Å². The zero-order chi connectivity index (χ0) is 15.9. The van der Waals surface area contributed by atoms with Gasteiger partial charge in [0.05, 0.1) is 17.9 Å². The summed E-state index contributed by atoms with van der Waals surface area (Å²) in [6.45, 7) is 0.873. The molecule has 0 aliphatic heterocycles. The molecule has 6 heteroatoms. The molecular weight excluding hydrogens is 290 g/mol. The first-order chi connectivity index (χ1) is 11.3. The lowest BCUT2D eigenvalue weighted by Crippen LogP contribution is -2.34. The summed E-state index contributed by atoms with van der Waals surface area (Å²) in [5, 5.41) is 9.77. The van der Waals surface area contributed by atoms with E-state index in [1.54, 1.807) is 17.1 Å². The van der Waals surface area contributed by atoms with Crippen molar-refractivity contribution in [2.75, 3.05) is 0 Å². The van der Waals surface area contributed by atoms with Crippen molar-refractivity contribution >= 4 is 6.03 Å². The van der Waals surface area contributed by atoms with Crippen LogP contribution in [0.4, 0.5) is 4.79 Å². The number of rotatable bonds is 5. The van der Waals surface area contributed by atoms with Gasteiger partial charge in [0, 0.05) is 25.1 Å². The lowest BCUT2D eigenvalue weighted by atomic mass is 10.2. The van der Waals surface area contributed by atoms with E-state index in [1.807, 2.05) is 54.7 Å². The highest BCUT2D eigenvalue weighted by atomic mass is 16.2. The summed E-state index contributed by atoms with van der Waals surface area (Å²) in [5.74, 6) is 0. The van der Waals surface area contributed by atoms with Crippen molar-refractivity contribution in [3.63, 3.8) is 0 Å². The van der Waals surface area contributed by atoms with E-state index >= 15 is 0 Å². The Kier molecular flexibility index (Phi) is 4.63. The first-order valence-corrected chi connectivity index (χ1v) is 7.32. The minimum absolute atomic E-state index is 0.216. The number of hydrogen-bond donors (Lipinski definition) is 2. The minimum atomic E-state index is -0.216. The second kappa shape index (κ2) is 7.22. The van der Waals surface area contributed by atoms with E-state index in [9.17, 15) is 4.79 Å². The number of benzene rings is 1. The van der Waals surface area contributed by atoms with E-state index in [4.69, 9.17) is 0 Å². The number of amides is 2. The maximum Gasteiger partial charge on any atom is 0.315 e. The number of carbonyl (C=O) groups is 1. The van der Waals surface area contributed by atoms with E-state index in [0.717, 1.165) is 16.9 Å². The highest BCUT2D eigenvalue weighted by molar-refractivity contribution is 5.73. The van der Waals surface area contributed by atoms with Gasteiger partial charge in [-0.15, -0.1) is 0 Å². The smallest absolute Gasteiger partial charge is 0.315 e.